The summed E-state index contributed by atoms with van der Waals surface area (Å²) >= 11 is 6.32. The van der Waals surface area contributed by atoms with E-state index in [4.69, 9.17) is 21.1 Å². The van der Waals surface area contributed by atoms with Crippen molar-refractivity contribution in [3.63, 3.8) is 0 Å². The van der Waals surface area contributed by atoms with Gasteiger partial charge in [-0.25, -0.2) is 9.48 Å². The average molecular weight is 400 g/mol. The van der Waals surface area contributed by atoms with Crippen molar-refractivity contribution in [2.45, 2.75) is 6.92 Å². The number of hydrogen-bond donors (Lipinski definition) is 1. The maximum atomic E-state index is 12.4. The van der Waals surface area contributed by atoms with Crippen LogP contribution in [0.3, 0.4) is 0 Å². The van der Waals surface area contributed by atoms with E-state index in [2.05, 4.69) is 10.4 Å². The summed E-state index contributed by atoms with van der Waals surface area (Å²) in [6.07, 6.45) is 0. The molecule has 0 atom stereocenters. The normalized spacial score (nSPS) is 10.4. The lowest BCUT2D eigenvalue weighted by atomic mass is 10.2. The lowest BCUT2D eigenvalue weighted by Crippen LogP contribution is -2.21. The van der Waals surface area contributed by atoms with E-state index < -0.39 is 18.5 Å². The van der Waals surface area contributed by atoms with Gasteiger partial charge in [-0.3, -0.25) is 4.79 Å². The van der Waals surface area contributed by atoms with Crippen molar-refractivity contribution in [2.24, 2.45) is 0 Å². The Balaban J connectivity index is 1.64. The Morgan fingerprint density at radius 2 is 1.79 bits per heavy atom. The molecule has 1 amide bonds. The molecule has 0 bridgehead atoms. The Bertz CT molecular complexity index is 985. The molecule has 0 aliphatic heterocycles. The number of aryl methyl sites for hydroxylation is 1. The van der Waals surface area contributed by atoms with Crippen LogP contribution in [0.15, 0.2) is 54.6 Å². The fraction of sp³-hybridized carbons (Fsp3) is 0.150. The number of anilines is 1. The van der Waals surface area contributed by atoms with E-state index in [1.807, 2.05) is 30.3 Å². The highest BCUT2D eigenvalue weighted by Gasteiger charge is 2.23. The first kappa shape index (κ1) is 19.4. The van der Waals surface area contributed by atoms with Crippen molar-refractivity contribution in [3.8, 4) is 11.4 Å². The van der Waals surface area contributed by atoms with Crippen LogP contribution in [0.4, 0.5) is 5.69 Å². The maximum Gasteiger partial charge on any atom is 0.343 e. The smallest absolute Gasteiger partial charge is 0.343 e. The molecular weight excluding hydrogens is 382 g/mol. The molecule has 0 radical (unpaired) electrons. The molecule has 3 aromatic rings. The van der Waals surface area contributed by atoms with E-state index >= 15 is 0 Å². The summed E-state index contributed by atoms with van der Waals surface area (Å²) in [6, 6.07) is 16.0. The molecule has 1 heterocycles. The summed E-state index contributed by atoms with van der Waals surface area (Å²) < 4.78 is 11.6. The molecule has 0 spiro atoms. The molecule has 0 saturated heterocycles. The number of carbonyl (C=O) groups is 2. The van der Waals surface area contributed by atoms with Crippen molar-refractivity contribution >= 4 is 29.2 Å². The molecule has 0 unspecified atom stereocenters. The van der Waals surface area contributed by atoms with Crippen molar-refractivity contribution in [3.05, 3.63) is 71.0 Å². The number of esters is 1. The average Bonchev–Trinajstić information content (AvgIpc) is 3.01. The van der Waals surface area contributed by atoms with Gasteiger partial charge in [0.1, 0.15) is 16.5 Å². The number of para-hydroxylation sites is 1. The SMILES string of the molecule is COc1ccc(NC(=O)COC(=O)c2c(C)nn(-c3ccccc3)c2Cl)cc1. The first-order valence-corrected chi connectivity index (χ1v) is 8.79. The molecular formula is C20H18ClN3O4. The third-order valence-corrected chi connectivity index (χ3v) is 4.27. The maximum absolute atomic E-state index is 12.4. The molecule has 0 aliphatic carbocycles. The second-order valence-electron chi connectivity index (χ2n) is 5.85. The van der Waals surface area contributed by atoms with E-state index in [9.17, 15) is 9.59 Å². The van der Waals surface area contributed by atoms with E-state index in [0.29, 0.717) is 22.8 Å². The number of methoxy groups -OCH3 is 1. The summed E-state index contributed by atoms with van der Waals surface area (Å²) in [7, 11) is 1.56. The number of aromatic nitrogens is 2. The zero-order valence-electron chi connectivity index (χ0n) is 15.3. The van der Waals surface area contributed by atoms with Gasteiger partial charge in [-0.05, 0) is 43.3 Å². The van der Waals surface area contributed by atoms with Crippen LogP contribution in [0.2, 0.25) is 5.15 Å². The number of benzene rings is 2. The molecule has 1 aromatic heterocycles. The van der Waals surface area contributed by atoms with Crippen LogP contribution < -0.4 is 10.1 Å². The Morgan fingerprint density at radius 3 is 2.43 bits per heavy atom. The number of ether oxygens (including phenoxy) is 2. The number of amides is 1. The summed E-state index contributed by atoms with van der Waals surface area (Å²) in [5.41, 5.74) is 1.82. The van der Waals surface area contributed by atoms with Crippen LogP contribution in [0.1, 0.15) is 16.1 Å². The number of carbonyl (C=O) groups excluding carboxylic acids is 2. The van der Waals surface area contributed by atoms with Crippen molar-refractivity contribution < 1.29 is 19.1 Å². The number of rotatable bonds is 6. The second-order valence-corrected chi connectivity index (χ2v) is 6.21. The summed E-state index contributed by atoms with van der Waals surface area (Å²) in [5.74, 6) is -0.512. The summed E-state index contributed by atoms with van der Waals surface area (Å²) in [6.45, 7) is 1.20. The lowest BCUT2D eigenvalue weighted by molar-refractivity contribution is -0.119. The number of halogens is 1. The molecule has 3 rings (SSSR count). The van der Waals surface area contributed by atoms with Gasteiger partial charge in [-0.15, -0.1) is 0 Å². The molecule has 0 fully saturated rings. The van der Waals surface area contributed by atoms with Gasteiger partial charge in [-0.1, -0.05) is 29.8 Å². The largest absolute Gasteiger partial charge is 0.497 e. The fourth-order valence-electron chi connectivity index (χ4n) is 2.55. The predicted octanol–water partition coefficient (Wildman–Crippen LogP) is 3.64. The monoisotopic (exact) mass is 399 g/mol. The highest BCUT2D eigenvalue weighted by Crippen LogP contribution is 2.24. The molecule has 144 valence electrons. The molecule has 7 nitrogen and oxygen atoms in total. The highest BCUT2D eigenvalue weighted by atomic mass is 35.5. The molecule has 0 aliphatic rings. The van der Waals surface area contributed by atoms with E-state index in [1.165, 1.54) is 4.68 Å². The van der Waals surface area contributed by atoms with E-state index in [0.717, 1.165) is 0 Å². The van der Waals surface area contributed by atoms with Crippen molar-refractivity contribution in [1.82, 2.24) is 9.78 Å². The molecule has 28 heavy (non-hydrogen) atoms. The predicted molar refractivity (Wildman–Crippen MR) is 105 cm³/mol. The Hall–Kier alpha value is -3.32. The van der Waals surface area contributed by atoms with Gasteiger partial charge >= 0.3 is 5.97 Å². The third kappa shape index (κ3) is 4.32. The highest BCUT2D eigenvalue weighted by molar-refractivity contribution is 6.33. The van der Waals surface area contributed by atoms with Crippen LogP contribution in [-0.2, 0) is 9.53 Å². The van der Waals surface area contributed by atoms with Crippen molar-refractivity contribution in [2.75, 3.05) is 19.0 Å². The van der Waals surface area contributed by atoms with Crippen LogP contribution in [0.5, 0.6) is 5.75 Å². The minimum Gasteiger partial charge on any atom is -0.497 e. The first-order valence-electron chi connectivity index (χ1n) is 8.41. The number of nitrogens with zero attached hydrogens (tertiary/aromatic N) is 2. The van der Waals surface area contributed by atoms with Gasteiger partial charge in [0.2, 0.25) is 0 Å². The lowest BCUT2D eigenvalue weighted by Gasteiger charge is -2.07. The quantitative estimate of drug-likeness (QED) is 0.640. The summed E-state index contributed by atoms with van der Waals surface area (Å²) in [5, 5.41) is 7.05. The topological polar surface area (TPSA) is 82.4 Å². The number of hydrogen-bond acceptors (Lipinski definition) is 5. The minimum atomic E-state index is -0.713. The molecule has 0 saturated carbocycles. The standard InChI is InChI=1S/C20H18ClN3O4/c1-13-18(19(21)24(23-13)15-6-4-3-5-7-15)20(26)28-12-17(25)22-14-8-10-16(27-2)11-9-14/h3-11H,12H2,1-2H3,(H,22,25). The van der Waals surface area contributed by atoms with Gasteiger partial charge in [0, 0.05) is 5.69 Å². The molecule has 8 heteroatoms. The Kier molecular flexibility index (Phi) is 5.96. The summed E-state index contributed by atoms with van der Waals surface area (Å²) in [4.78, 5) is 24.4. The van der Waals surface area contributed by atoms with Gasteiger partial charge in [0.25, 0.3) is 5.91 Å². The van der Waals surface area contributed by atoms with Crippen LogP contribution in [-0.4, -0.2) is 35.4 Å². The Labute approximate surface area is 166 Å². The minimum absolute atomic E-state index is 0.128. The number of nitrogens with one attached hydrogen (secondary N) is 1. The van der Waals surface area contributed by atoms with Gasteiger partial charge in [0.05, 0.1) is 18.5 Å². The Morgan fingerprint density at radius 1 is 1.11 bits per heavy atom. The molecule has 2 aromatic carbocycles. The zero-order valence-corrected chi connectivity index (χ0v) is 16.1. The molecule has 1 N–H and O–H groups in total. The van der Waals surface area contributed by atoms with Crippen LogP contribution >= 0.6 is 11.6 Å². The first-order chi connectivity index (χ1) is 13.5. The zero-order chi connectivity index (χ0) is 20.1. The second kappa shape index (κ2) is 8.58. The van der Waals surface area contributed by atoms with Crippen LogP contribution in [0, 0.1) is 6.92 Å². The third-order valence-electron chi connectivity index (χ3n) is 3.92. The van der Waals surface area contributed by atoms with E-state index in [-0.39, 0.29) is 10.7 Å². The van der Waals surface area contributed by atoms with Gasteiger partial charge in [-0.2, -0.15) is 5.10 Å². The van der Waals surface area contributed by atoms with Crippen molar-refractivity contribution in [1.29, 1.82) is 0 Å². The fourth-order valence-corrected chi connectivity index (χ4v) is 2.90. The van der Waals surface area contributed by atoms with Gasteiger partial charge < -0.3 is 14.8 Å². The van der Waals surface area contributed by atoms with Gasteiger partial charge in [0.15, 0.2) is 6.61 Å². The van der Waals surface area contributed by atoms with Crippen LogP contribution in [0.25, 0.3) is 5.69 Å². The van der Waals surface area contributed by atoms with E-state index in [1.54, 1.807) is 38.3 Å².